The summed E-state index contributed by atoms with van der Waals surface area (Å²) in [6, 6.07) is 0.754. The van der Waals surface area contributed by atoms with E-state index in [1.165, 1.54) is 6.26 Å². The van der Waals surface area contributed by atoms with Crippen LogP contribution in [0, 0.1) is 0 Å². The Morgan fingerprint density at radius 3 is 2.33 bits per heavy atom. The molecule has 0 bridgehead atoms. The molecule has 0 aromatic carbocycles. The SMILES string of the molecule is CC[C@H](C)N1CCC(NS(C)(=O)=O)CC1. The van der Waals surface area contributed by atoms with Crippen LogP contribution >= 0.6 is 0 Å². The average molecular weight is 234 g/mol. The van der Waals surface area contributed by atoms with E-state index < -0.39 is 10.0 Å². The van der Waals surface area contributed by atoms with Crippen LogP contribution in [0.1, 0.15) is 33.1 Å². The van der Waals surface area contributed by atoms with E-state index in [2.05, 4.69) is 23.5 Å². The fourth-order valence-electron chi connectivity index (χ4n) is 2.02. The lowest BCUT2D eigenvalue weighted by Gasteiger charge is -2.35. The molecule has 0 amide bonds. The molecular weight excluding hydrogens is 212 g/mol. The molecule has 0 aromatic heterocycles. The second kappa shape index (κ2) is 5.27. The maximum absolute atomic E-state index is 11.0. The van der Waals surface area contributed by atoms with E-state index in [0.29, 0.717) is 6.04 Å². The Kier molecular flexibility index (Phi) is 4.55. The Bertz CT molecular complexity index is 282. The second-order valence-corrected chi connectivity index (χ2v) is 6.24. The Labute approximate surface area is 93.1 Å². The zero-order chi connectivity index (χ0) is 11.5. The lowest BCUT2D eigenvalue weighted by atomic mass is 10.0. The lowest BCUT2D eigenvalue weighted by molar-refractivity contribution is 0.155. The van der Waals surface area contributed by atoms with E-state index in [0.717, 1.165) is 32.4 Å². The molecule has 1 saturated heterocycles. The van der Waals surface area contributed by atoms with E-state index in [1.54, 1.807) is 0 Å². The van der Waals surface area contributed by atoms with Crippen LogP contribution < -0.4 is 4.72 Å². The van der Waals surface area contributed by atoms with Gasteiger partial charge in [-0.05, 0) is 39.3 Å². The first kappa shape index (κ1) is 12.9. The molecule has 1 N–H and O–H groups in total. The number of sulfonamides is 1. The third-order valence-electron chi connectivity index (χ3n) is 3.12. The summed E-state index contributed by atoms with van der Waals surface area (Å²) < 4.78 is 24.8. The summed E-state index contributed by atoms with van der Waals surface area (Å²) in [5.41, 5.74) is 0. The lowest BCUT2D eigenvalue weighted by Crippen LogP contribution is -2.46. The predicted molar refractivity (Wildman–Crippen MR) is 62.3 cm³/mol. The second-order valence-electron chi connectivity index (χ2n) is 4.46. The van der Waals surface area contributed by atoms with Gasteiger partial charge in [-0.1, -0.05) is 6.92 Å². The van der Waals surface area contributed by atoms with E-state index in [4.69, 9.17) is 0 Å². The van der Waals surface area contributed by atoms with Crippen LogP contribution in [-0.4, -0.2) is 44.7 Å². The van der Waals surface area contributed by atoms with E-state index in [1.807, 2.05) is 0 Å². The number of nitrogens with one attached hydrogen (secondary N) is 1. The van der Waals surface area contributed by atoms with Crippen LogP contribution in [0.2, 0.25) is 0 Å². The molecule has 15 heavy (non-hydrogen) atoms. The van der Waals surface area contributed by atoms with Crippen molar-refractivity contribution in [2.75, 3.05) is 19.3 Å². The molecule has 0 unspecified atom stereocenters. The van der Waals surface area contributed by atoms with Gasteiger partial charge in [-0.3, -0.25) is 0 Å². The Balaban J connectivity index is 2.36. The summed E-state index contributed by atoms with van der Waals surface area (Å²) in [6.07, 6.45) is 4.24. The van der Waals surface area contributed by atoms with Crippen molar-refractivity contribution < 1.29 is 8.42 Å². The molecule has 0 aliphatic carbocycles. The molecule has 1 fully saturated rings. The van der Waals surface area contributed by atoms with Crippen LogP contribution in [0.3, 0.4) is 0 Å². The normalized spacial score (nSPS) is 22.9. The highest BCUT2D eigenvalue weighted by Gasteiger charge is 2.23. The average Bonchev–Trinajstić information content (AvgIpc) is 2.15. The molecule has 1 heterocycles. The molecule has 0 spiro atoms. The highest BCUT2D eigenvalue weighted by atomic mass is 32.2. The van der Waals surface area contributed by atoms with Crippen molar-refractivity contribution in [2.45, 2.75) is 45.2 Å². The number of likely N-dealkylation sites (tertiary alicyclic amines) is 1. The third kappa shape index (κ3) is 4.49. The van der Waals surface area contributed by atoms with Gasteiger partial charge in [-0.25, -0.2) is 13.1 Å². The number of piperidine rings is 1. The molecule has 0 aromatic rings. The highest BCUT2D eigenvalue weighted by Crippen LogP contribution is 2.14. The van der Waals surface area contributed by atoms with E-state index in [9.17, 15) is 8.42 Å². The minimum Gasteiger partial charge on any atom is -0.301 e. The number of hydrogen-bond acceptors (Lipinski definition) is 3. The van der Waals surface area contributed by atoms with Crippen molar-refractivity contribution >= 4 is 10.0 Å². The summed E-state index contributed by atoms with van der Waals surface area (Å²) >= 11 is 0. The number of rotatable bonds is 4. The van der Waals surface area contributed by atoms with Gasteiger partial charge in [0.15, 0.2) is 0 Å². The topological polar surface area (TPSA) is 49.4 Å². The van der Waals surface area contributed by atoms with Gasteiger partial charge < -0.3 is 4.90 Å². The summed E-state index contributed by atoms with van der Waals surface area (Å²) in [5, 5.41) is 0. The summed E-state index contributed by atoms with van der Waals surface area (Å²) in [5.74, 6) is 0. The molecule has 1 rings (SSSR count). The fourth-order valence-corrected chi connectivity index (χ4v) is 2.86. The summed E-state index contributed by atoms with van der Waals surface area (Å²) in [7, 11) is -3.04. The first-order chi connectivity index (χ1) is 6.92. The predicted octanol–water partition coefficient (Wildman–Crippen LogP) is 0.798. The van der Waals surface area contributed by atoms with Gasteiger partial charge in [0.2, 0.25) is 10.0 Å². The molecule has 0 radical (unpaired) electrons. The maximum Gasteiger partial charge on any atom is 0.208 e. The number of nitrogens with zero attached hydrogens (tertiary/aromatic N) is 1. The Morgan fingerprint density at radius 2 is 1.93 bits per heavy atom. The quantitative estimate of drug-likeness (QED) is 0.783. The van der Waals surface area contributed by atoms with Crippen molar-refractivity contribution in [1.29, 1.82) is 0 Å². The van der Waals surface area contributed by atoms with E-state index >= 15 is 0 Å². The smallest absolute Gasteiger partial charge is 0.208 e. The molecule has 1 aliphatic rings. The van der Waals surface area contributed by atoms with Crippen LogP contribution in [0.5, 0.6) is 0 Å². The van der Waals surface area contributed by atoms with Gasteiger partial charge >= 0.3 is 0 Å². The van der Waals surface area contributed by atoms with Crippen molar-refractivity contribution in [3.05, 3.63) is 0 Å². The van der Waals surface area contributed by atoms with Crippen molar-refractivity contribution in [1.82, 2.24) is 9.62 Å². The molecule has 5 heteroatoms. The van der Waals surface area contributed by atoms with Gasteiger partial charge in [-0.15, -0.1) is 0 Å². The van der Waals surface area contributed by atoms with Crippen LogP contribution in [-0.2, 0) is 10.0 Å². The standard InChI is InChI=1S/C10H22N2O2S/c1-4-9(2)12-7-5-10(6-8-12)11-15(3,13)14/h9-11H,4-8H2,1-3H3/t9-/m0/s1. The molecule has 0 saturated carbocycles. The van der Waals surface area contributed by atoms with Gasteiger partial charge in [0.1, 0.15) is 0 Å². The van der Waals surface area contributed by atoms with Crippen molar-refractivity contribution in [3.8, 4) is 0 Å². The Hall–Kier alpha value is -0.130. The minimum atomic E-state index is -3.04. The third-order valence-corrected chi connectivity index (χ3v) is 3.89. The van der Waals surface area contributed by atoms with Gasteiger partial charge in [0, 0.05) is 12.1 Å². The van der Waals surface area contributed by atoms with Crippen LogP contribution in [0.25, 0.3) is 0 Å². The molecular formula is C10H22N2O2S. The molecule has 4 nitrogen and oxygen atoms in total. The van der Waals surface area contributed by atoms with Gasteiger partial charge in [0.25, 0.3) is 0 Å². The zero-order valence-corrected chi connectivity index (χ0v) is 10.7. The molecule has 90 valence electrons. The van der Waals surface area contributed by atoms with Crippen LogP contribution in [0.15, 0.2) is 0 Å². The van der Waals surface area contributed by atoms with Gasteiger partial charge in [-0.2, -0.15) is 0 Å². The highest BCUT2D eigenvalue weighted by molar-refractivity contribution is 7.88. The first-order valence-electron chi connectivity index (χ1n) is 5.63. The largest absolute Gasteiger partial charge is 0.301 e. The van der Waals surface area contributed by atoms with E-state index in [-0.39, 0.29) is 6.04 Å². The Morgan fingerprint density at radius 1 is 1.40 bits per heavy atom. The monoisotopic (exact) mass is 234 g/mol. The van der Waals surface area contributed by atoms with Crippen molar-refractivity contribution in [3.63, 3.8) is 0 Å². The maximum atomic E-state index is 11.0. The first-order valence-corrected chi connectivity index (χ1v) is 7.53. The van der Waals surface area contributed by atoms with Gasteiger partial charge in [0.05, 0.1) is 6.26 Å². The van der Waals surface area contributed by atoms with Crippen LogP contribution in [0.4, 0.5) is 0 Å². The molecule has 1 aliphatic heterocycles. The number of hydrogen-bond donors (Lipinski definition) is 1. The zero-order valence-electron chi connectivity index (χ0n) is 9.86. The summed E-state index contributed by atoms with van der Waals surface area (Å²) in [6.45, 7) is 6.42. The fraction of sp³-hybridized carbons (Fsp3) is 1.00. The minimum absolute atomic E-state index is 0.139. The van der Waals surface area contributed by atoms with Crippen molar-refractivity contribution in [2.24, 2.45) is 0 Å². The summed E-state index contributed by atoms with van der Waals surface area (Å²) in [4.78, 5) is 2.43. The molecule has 1 atom stereocenters.